The summed E-state index contributed by atoms with van der Waals surface area (Å²) in [5, 5.41) is 10.7. The highest BCUT2D eigenvalue weighted by Crippen LogP contribution is 2.25. The number of pyridine rings is 1. The van der Waals surface area contributed by atoms with Gasteiger partial charge in [-0.3, -0.25) is 9.78 Å². The van der Waals surface area contributed by atoms with Gasteiger partial charge in [-0.05, 0) is 23.1 Å². The van der Waals surface area contributed by atoms with Crippen molar-refractivity contribution in [1.82, 2.24) is 4.98 Å². The molecule has 0 aromatic carbocycles. The number of hydrogen-bond donors (Lipinski definition) is 1. The minimum Gasteiger partial charge on any atom is -0.481 e. The van der Waals surface area contributed by atoms with E-state index in [1.54, 1.807) is 29.7 Å². The number of hydrogen-bond acceptors (Lipinski definition) is 3. The van der Waals surface area contributed by atoms with E-state index in [-0.39, 0.29) is 6.42 Å². The Morgan fingerprint density at radius 3 is 2.93 bits per heavy atom. The van der Waals surface area contributed by atoms with Crippen LogP contribution >= 0.6 is 11.3 Å². The van der Waals surface area contributed by atoms with Gasteiger partial charge in [0, 0.05) is 6.20 Å². The van der Waals surface area contributed by atoms with Crippen molar-refractivity contribution >= 4 is 17.3 Å². The molecule has 0 bridgehead atoms. The predicted molar refractivity (Wildman–Crippen MR) is 58.9 cm³/mol. The quantitative estimate of drug-likeness (QED) is 0.862. The first-order valence-corrected chi connectivity index (χ1v) is 5.35. The zero-order valence-corrected chi connectivity index (χ0v) is 8.70. The van der Waals surface area contributed by atoms with Crippen molar-refractivity contribution in [3.63, 3.8) is 0 Å². The van der Waals surface area contributed by atoms with E-state index >= 15 is 0 Å². The van der Waals surface area contributed by atoms with Crippen LogP contribution in [0.4, 0.5) is 0 Å². The second-order valence-corrected chi connectivity index (χ2v) is 4.01. The Kier molecular flexibility index (Phi) is 2.78. The Morgan fingerprint density at radius 2 is 2.27 bits per heavy atom. The third-order valence-corrected chi connectivity index (χ3v) is 2.86. The Morgan fingerprint density at radius 1 is 1.40 bits per heavy atom. The molecule has 76 valence electrons. The molecule has 0 saturated heterocycles. The third kappa shape index (κ3) is 2.22. The highest BCUT2D eigenvalue weighted by Gasteiger charge is 2.09. The largest absolute Gasteiger partial charge is 0.481 e. The summed E-state index contributed by atoms with van der Waals surface area (Å²) in [6.45, 7) is 0. The van der Waals surface area contributed by atoms with Crippen LogP contribution in [0.5, 0.6) is 0 Å². The van der Waals surface area contributed by atoms with E-state index in [0.717, 1.165) is 16.1 Å². The maximum absolute atomic E-state index is 10.7. The van der Waals surface area contributed by atoms with Gasteiger partial charge in [0.05, 0.1) is 17.0 Å². The molecule has 0 atom stereocenters. The molecule has 2 rings (SSSR count). The lowest BCUT2D eigenvalue weighted by Crippen LogP contribution is -2.02. The minimum absolute atomic E-state index is 0.0150. The van der Waals surface area contributed by atoms with E-state index in [9.17, 15) is 4.79 Å². The van der Waals surface area contributed by atoms with Crippen LogP contribution in [-0.4, -0.2) is 16.1 Å². The summed E-state index contributed by atoms with van der Waals surface area (Å²) >= 11 is 1.56. The summed E-state index contributed by atoms with van der Waals surface area (Å²) in [6, 6.07) is 7.43. The van der Waals surface area contributed by atoms with Gasteiger partial charge in [0.25, 0.3) is 0 Å². The molecule has 1 N–H and O–H groups in total. The van der Waals surface area contributed by atoms with Crippen molar-refractivity contribution in [1.29, 1.82) is 0 Å². The van der Waals surface area contributed by atoms with Gasteiger partial charge in [-0.15, -0.1) is 11.3 Å². The maximum Gasteiger partial charge on any atom is 0.307 e. The molecule has 0 radical (unpaired) electrons. The first-order valence-electron chi connectivity index (χ1n) is 4.47. The van der Waals surface area contributed by atoms with Crippen LogP contribution in [0.15, 0.2) is 35.8 Å². The molecule has 0 unspecified atom stereocenters. The van der Waals surface area contributed by atoms with E-state index in [2.05, 4.69) is 4.98 Å². The minimum atomic E-state index is -0.833. The molecule has 0 fully saturated rings. The van der Waals surface area contributed by atoms with Gasteiger partial charge in [-0.2, -0.15) is 0 Å². The molecule has 2 aromatic rings. The average molecular weight is 219 g/mol. The van der Waals surface area contributed by atoms with Crippen LogP contribution in [0, 0.1) is 0 Å². The topological polar surface area (TPSA) is 50.2 Å². The number of nitrogens with zero attached hydrogens (tertiary/aromatic N) is 1. The number of aliphatic carboxylic acids is 1. The highest BCUT2D eigenvalue weighted by molar-refractivity contribution is 7.13. The van der Waals surface area contributed by atoms with Crippen LogP contribution in [0.1, 0.15) is 5.56 Å². The molecule has 0 saturated carbocycles. The molecule has 4 heteroatoms. The fraction of sp³-hybridized carbons (Fsp3) is 0.0909. The van der Waals surface area contributed by atoms with Crippen LogP contribution in [0.25, 0.3) is 10.6 Å². The van der Waals surface area contributed by atoms with E-state index in [0.29, 0.717) is 0 Å². The van der Waals surface area contributed by atoms with Crippen molar-refractivity contribution in [2.24, 2.45) is 0 Å². The molecule has 2 heterocycles. The maximum atomic E-state index is 10.7. The molecular weight excluding hydrogens is 210 g/mol. The van der Waals surface area contributed by atoms with Crippen LogP contribution in [-0.2, 0) is 11.2 Å². The summed E-state index contributed by atoms with van der Waals surface area (Å²) in [5.41, 5.74) is 1.53. The molecule has 3 nitrogen and oxygen atoms in total. The van der Waals surface area contributed by atoms with Crippen LogP contribution in [0.3, 0.4) is 0 Å². The predicted octanol–water partition coefficient (Wildman–Crippen LogP) is 2.44. The monoisotopic (exact) mass is 219 g/mol. The van der Waals surface area contributed by atoms with E-state index in [4.69, 9.17) is 5.11 Å². The van der Waals surface area contributed by atoms with Gasteiger partial charge in [0.15, 0.2) is 0 Å². The molecule has 0 aliphatic heterocycles. The smallest absolute Gasteiger partial charge is 0.307 e. The molecule has 2 aromatic heterocycles. The number of aromatic nitrogens is 1. The third-order valence-electron chi connectivity index (χ3n) is 1.99. The Hall–Kier alpha value is -1.68. The van der Waals surface area contributed by atoms with Crippen LogP contribution in [0.2, 0.25) is 0 Å². The molecular formula is C11H9NO2S. The number of carbonyl (C=O) groups is 1. The first kappa shape index (κ1) is 9.86. The Bertz CT molecular complexity index is 465. The first-order chi connectivity index (χ1) is 7.27. The molecule has 0 spiro atoms. The van der Waals surface area contributed by atoms with Crippen molar-refractivity contribution in [3.05, 3.63) is 41.4 Å². The van der Waals surface area contributed by atoms with Gasteiger partial charge < -0.3 is 5.11 Å². The summed E-state index contributed by atoms with van der Waals surface area (Å²) in [5.74, 6) is -0.833. The number of carboxylic acids is 1. The van der Waals surface area contributed by atoms with Gasteiger partial charge in [0.1, 0.15) is 0 Å². The average Bonchev–Trinajstić information content (AvgIpc) is 2.70. The normalized spacial score (nSPS) is 10.1. The summed E-state index contributed by atoms with van der Waals surface area (Å²) < 4.78 is 0. The van der Waals surface area contributed by atoms with Crippen LogP contribution < -0.4 is 0 Å². The fourth-order valence-electron chi connectivity index (χ4n) is 1.38. The fourth-order valence-corrected chi connectivity index (χ4v) is 2.14. The second-order valence-electron chi connectivity index (χ2n) is 3.06. The molecule has 0 amide bonds. The Labute approximate surface area is 91.0 Å². The summed E-state index contributed by atoms with van der Waals surface area (Å²) in [4.78, 5) is 15.9. The number of rotatable bonds is 3. The number of carboxylic acid groups (broad SMARTS) is 1. The van der Waals surface area contributed by atoms with E-state index in [1.807, 2.05) is 17.5 Å². The summed E-state index contributed by atoms with van der Waals surface area (Å²) in [7, 11) is 0. The summed E-state index contributed by atoms with van der Waals surface area (Å²) in [6.07, 6.45) is 1.70. The highest BCUT2D eigenvalue weighted by atomic mass is 32.1. The lowest BCUT2D eigenvalue weighted by molar-refractivity contribution is -0.136. The molecule has 0 aliphatic rings. The molecule has 15 heavy (non-hydrogen) atoms. The van der Waals surface area contributed by atoms with Crippen molar-refractivity contribution < 1.29 is 9.90 Å². The van der Waals surface area contributed by atoms with Crippen molar-refractivity contribution in [2.75, 3.05) is 0 Å². The lowest BCUT2D eigenvalue weighted by Gasteiger charge is -2.03. The van der Waals surface area contributed by atoms with Crippen molar-refractivity contribution in [2.45, 2.75) is 6.42 Å². The van der Waals surface area contributed by atoms with E-state index in [1.165, 1.54) is 0 Å². The van der Waals surface area contributed by atoms with Gasteiger partial charge >= 0.3 is 5.97 Å². The van der Waals surface area contributed by atoms with Gasteiger partial charge in [0.2, 0.25) is 0 Å². The number of thiophene rings is 1. The zero-order chi connectivity index (χ0) is 10.7. The standard InChI is InChI=1S/C11H9NO2S/c13-10(14)7-8-3-1-5-12-11(8)9-4-2-6-15-9/h1-6H,7H2,(H,13,14). The second kappa shape index (κ2) is 4.23. The van der Waals surface area contributed by atoms with Crippen molar-refractivity contribution in [3.8, 4) is 10.6 Å². The van der Waals surface area contributed by atoms with E-state index < -0.39 is 5.97 Å². The lowest BCUT2D eigenvalue weighted by atomic mass is 10.1. The van der Waals surface area contributed by atoms with Gasteiger partial charge in [-0.1, -0.05) is 12.1 Å². The Balaban J connectivity index is 2.42. The zero-order valence-electron chi connectivity index (χ0n) is 7.88. The van der Waals surface area contributed by atoms with Gasteiger partial charge in [-0.25, -0.2) is 0 Å². The molecule has 0 aliphatic carbocycles. The SMILES string of the molecule is O=C(O)Cc1cccnc1-c1cccs1.